The SMILES string of the molecule is COc1cccc(CNC(=O)C(C)NC(N)=O)c1. The molecule has 98 valence electrons. The number of nitrogens with one attached hydrogen (secondary N) is 2. The van der Waals surface area contributed by atoms with E-state index in [1.54, 1.807) is 14.0 Å². The number of benzene rings is 1. The van der Waals surface area contributed by atoms with Crippen LogP contribution in [-0.2, 0) is 11.3 Å². The zero-order chi connectivity index (χ0) is 13.5. The first-order valence-corrected chi connectivity index (χ1v) is 5.49. The maximum atomic E-state index is 11.6. The van der Waals surface area contributed by atoms with Gasteiger partial charge in [-0.25, -0.2) is 4.79 Å². The van der Waals surface area contributed by atoms with Crippen molar-refractivity contribution in [2.24, 2.45) is 5.73 Å². The molecule has 3 amide bonds. The number of methoxy groups -OCH3 is 1. The lowest BCUT2D eigenvalue weighted by atomic mass is 10.2. The van der Waals surface area contributed by atoms with Crippen LogP contribution in [0.5, 0.6) is 5.75 Å². The molecule has 0 heterocycles. The van der Waals surface area contributed by atoms with Gasteiger partial charge in [-0.2, -0.15) is 0 Å². The van der Waals surface area contributed by atoms with Crippen molar-refractivity contribution in [1.82, 2.24) is 10.6 Å². The molecule has 0 aliphatic carbocycles. The van der Waals surface area contributed by atoms with Crippen LogP contribution in [0.4, 0.5) is 4.79 Å². The fourth-order valence-electron chi connectivity index (χ4n) is 1.40. The fourth-order valence-corrected chi connectivity index (χ4v) is 1.40. The maximum Gasteiger partial charge on any atom is 0.312 e. The highest BCUT2D eigenvalue weighted by molar-refractivity contribution is 5.86. The van der Waals surface area contributed by atoms with Gasteiger partial charge in [-0.3, -0.25) is 4.79 Å². The van der Waals surface area contributed by atoms with E-state index in [9.17, 15) is 9.59 Å². The van der Waals surface area contributed by atoms with Crippen LogP contribution in [0, 0.1) is 0 Å². The molecule has 1 aromatic carbocycles. The summed E-state index contributed by atoms with van der Waals surface area (Å²) < 4.78 is 5.08. The summed E-state index contributed by atoms with van der Waals surface area (Å²) in [5, 5.41) is 4.99. The zero-order valence-electron chi connectivity index (χ0n) is 10.4. The monoisotopic (exact) mass is 251 g/mol. The maximum absolute atomic E-state index is 11.6. The Morgan fingerprint density at radius 3 is 2.78 bits per heavy atom. The largest absolute Gasteiger partial charge is 0.497 e. The molecule has 1 aromatic rings. The Hall–Kier alpha value is -2.24. The third-order valence-corrected chi connectivity index (χ3v) is 2.35. The first-order chi connectivity index (χ1) is 8.52. The van der Waals surface area contributed by atoms with Crippen molar-refractivity contribution in [3.05, 3.63) is 29.8 Å². The second kappa shape index (κ2) is 6.48. The molecule has 6 heteroatoms. The second-order valence-electron chi connectivity index (χ2n) is 3.80. The van der Waals surface area contributed by atoms with Crippen molar-refractivity contribution in [3.63, 3.8) is 0 Å². The molecule has 0 saturated heterocycles. The molecule has 0 radical (unpaired) electrons. The molecular formula is C12H17N3O3. The van der Waals surface area contributed by atoms with Crippen molar-refractivity contribution < 1.29 is 14.3 Å². The summed E-state index contributed by atoms with van der Waals surface area (Å²) in [4.78, 5) is 22.2. The molecule has 1 unspecified atom stereocenters. The van der Waals surface area contributed by atoms with Gasteiger partial charge in [0.15, 0.2) is 0 Å². The van der Waals surface area contributed by atoms with E-state index in [0.717, 1.165) is 11.3 Å². The van der Waals surface area contributed by atoms with E-state index >= 15 is 0 Å². The van der Waals surface area contributed by atoms with E-state index < -0.39 is 12.1 Å². The van der Waals surface area contributed by atoms with E-state index in [2.05, 4.69) is 10.6 Å². The number of nitrogens with two attached hydrogens (primary N) is 1. The highest BCUT2D eigenvalue weighted by Gasteiger charge is 2.13. The number of hydrogen-bond acceptors (Lipinski definition) is 3. The van der Waals surface area contributed by atoms with E-state index in [0.29, 0.717) is 6.54 Å². The van der Waals surface area contributed by atoms with Gasteiger partial charge in [0, 0.05) is 6.54 Å². The molecule has 0 fully saturated rings. The minimum Gasteiger partial charge on any atom is -0.497 e. The molecule has 4 N–H and O–H groups in total. The predicted molar refractivity (Wildman–Crippen MR) is 67.0 cm³/mol. The molecular weight excluding hydrogens is 234 g/mol. The van der Waals surface area contributed by atoms with Gasteiger partial charge in [0.2, 0.25) is 5.91 Å². The first-order valence-electron chi connectivity index (χ1n) is 5.49. The van der Waals surface area contributed by atoms with Gasteiger partial charge in [0.25, 0.3) is 0 Å². The summed E-state index contributed by atoms with van der Waals surface area (Å²) in [7, 11) is 1.58. The van der Waals surface area contributed by atoms with Gasteiger partial charge in [-0.1, -0.05) is 12.1 Å². The zero-order valence-corrected chi connectivity index (χ0v) is 10.4. The Morgan fingerprint density at radius 2 is 2.17 bits per heavy atom. The highest BCUT2D eigenvalue weighted by Crippen LogP contribution is 2.12. The Balaban J connectivity index is 2.49. The number of rotatable bonds is 5. The van der Waals surface area contributed by atoms with E-state index in [1.165, 1.54) is 0 Å². The van der Waals surface area contributed by atoms with Crippen LogP contribution in [0.1, 0.15) is 12.5 Å². The summed E-state index contributed by atoms with van der Waals surface area (Å²) >= 11 is 0. The Bertz CT molecular complexity index is 434. The molecule has 1 rings (SSSR count). The van der Waals surface area contributed by atoms with Crippen molar-refractivity contribution in [2.75, 3.05) is 7.11 Å². The summed E-state index contributed by atoms with van der Waals surface area (Å²) in [5.41, 5.74) is 5.84. The van der Waals surface area contributed by atoms with Crippen LogP contribution < -0.4 is 21.1 Å². The van der Waals surface area contributed by atoms with Gasteiger partial charge in [0.05, 0.1) is 7.11 Å². The molecule has 0 aromatic heterocycles. The van der Waals surface area contributed by atoms with Crippen molar-refractivity contribution >= 4 is 11.9 Å². The number of ether oxygens (including phenoxy) is 1. The number of hydrogen-bond donors (Lipinski definition) is 3. The Labute approximate surface area is 105 Å². The van der Waals surface area contributed by atoms with Gasteiger partial charge >= 0.3 is 6.03 Å². The molecule has 6 nitrogen and oxygen atoms in total. The highest BCUT2D eigenvalue weighted by atomic mass is 16.5. The number of carbonyl (C=O) groups excluding carboxylic acids is 2. The van der Waals surface area contributed by atoms with Crippen LogP contribution in [0.25, 0.3) is 0 Å². The molecule has 0 aliphatic heterocycles. The fraction of sp³-hybridized carbons (Fsp3) is 0.333. The van der Waals surface area contributed by atoms with Gasteiger partial charge in [0.1, 0.15) is 11.8 Å². The quantitative estimate of drug-likeness (QED) is 0.705. The van der Waals surface area contributed by atoms with Crippen LogP contribution in [0.15, 0.2) is 24.3 Å². The minimum atomic E-state index is -0.723. The average molecular weight is 251 g/mol. The third-order valence-electron chi connectivity index (χ3n) is 2.35. The minimum absolute atomic E-state index is 0.295. The lowest BCUT2D eigenvalue weighted by Crippen LogP contribution is -2.46. The lowest BCUT2D eigenvalue weighted by Gasteiger charge is -2.12. The molecule has 18 heavy (non-hydrogen) atoms. The number of primary amides is 1. The van der Waals surface area contributed by atoms with Crippen LogP contribution in [0.2, 0.25) is 0 Å². The van der Waals surface area contributed by atoms with E-state index in [4.69, 9.17) is 10.5 Å². The van der Waals surface area contributed by atoms with Crippen LogP contribution >= 0.6 is 0 Å². The third kappa shape index (κ3) is 4.32. The molecule has 1 atom stereocenters. The van der Waals surface area contributed by atoms with Gasteiger partial charge in [-0.15, -0.1) is 0 Å². The summed E-state index contributed by atoms with van der Waals surface area (Å²) in [6, 6.07) is 5.97. The normalized spacial score (nSPS) is 11.4. The number of amides is 3. The van der Waals surface area contributed by atoms with Crippen molar-refractivity contribution in [2.45, 2.75) is 19.5 Å². The molecule has 0 aliphatic rings. The average Bonchev–Trinajstić information content (AvgIpc) is 2.35. The predicted octanol–water partition coefficient (Wildman–Crippen LogP) is 0.368. The number of carbonyl (C=O) groups is 2. The smallest absolute Gasteiger partial charge is 0.312 e. The second-order valence-corrected chi connectivity index (χ2v) is 3.80. The Morgan fingerprint density at radius 1 is 1.44 bits per heavy atom. The number of urea groups is 1. The molecule has 0 bridgehead atoms. The summed E-state index contributed by atoms with van der Waals surface area (Å²) in [6.07, 6.45) is 0. The van der Waals surface area contributed by atoms with Gasteiger partial charge in [-0.05, 0) is 24.6 Å². The standard InChI is InChI=1S/C12H17N3O3/c1-8(15-12(13)17)11(16)14-7-9-4-3-5-10(6-9)18-2/h3-6,8H,7H2,1-2H3,(H,14,16)(H3,13,15,17). The van der Waals surface area contributed by atoms with Crippen molar-refractivity contribution in [3.8, 4) is 5.75 Å². The molecule has 0 spiro atoms. The van der Waals surface area contributed by atoms with Crippen molar-refractivity contribution in [1.29, 1.82) is 0 Å². The first kappa shape index (κ1) is 13.8. The lowest BCUT2D eigenvalue weighted by molar-refractivity contribution is -0.122. The Kier molecular flexibility index (Phi) is 4.98. The van der Waals surface area contributed by atoms with Crippen LogP contribution in [0.3, 0.4) is 0 Å². The van der Waals surface area contributed by atoms with E-state index in [-0.39, 0.29) is 5.91 Å². The summed E-state index contributed by atoms with van der Waals surface area (Å²) in [5.74, 6) is 0.432. The topological polar surface area (TPSA) is 93.4 Å². The van der Waals surface area contributed by atoms with E-state index in [1.807, 2.05) is 24.3 Å². The molecule has 0 saturated carbocycles. The van der Waals surface area contributed by atoms with Gasteiger partial charge < -0.3 is 21.1 Å². The summed E-state index contributed by atoms with van der Waals surface area (Å²) in [6.45, 7) is 1.92. The van der Waals surface area contributed by atoms with Crippen LogP contribution in [-0.4, -0.2) is 25.1 Å².